The minimum atomic E-state index is 0.330. The van der Waals surface area contributed by atoms with Gasteiger partial charge in [0.25, 0.3) is 0 Å². The highest BCUT2D eigenvalue weighted by molar-refractivity contribution is 5.37. The molecule has 0 saturated carbocycles. The molecule has 1 aliphatic heterocycles. The van der Waals surface area contributed by atoms with Gasteiger partial charge in [-0.2, -0.15) is 0 Å². The number of hydrogen-bond donors (Lipinski definition) is 1. The van der Waals surface area contributed by atoms with Crippen LogP contribution in [0.25, 0.3) is 0 Å². The van der Waals surface area contributed by atoms with Crippen molar-refractivity contribution in [3.63, 3.8) is 0 Å². The maximum Gasteiger partial charge on any atom is 0.152 e. The van der Waals surface area contributed by atoms with Crippen LogP contribution in [-0.4, -0.2) is 0 Å². The van der Waals surface area contributed by atoms with E-state index >= 15 is 0 Å². The Balaban J connectivity index is 0.000000379. The zero-order valence-electron chi connectivity index (χ0n) is 9.79. The minimum Gasteiger partial charge on any atom is -0.408 e. The van der Waals surface area contributed by atoms with Crippen LogP contribution >= 0.6 is 0 Å². The summed E-state index contributed by atoms with van der Waals surface area (Å²) < 4.78 is 0. The molecule has 0 aliphatic carbocycles. The van der Waals surface area contributed by atoms with E-state index in [2.05, 4.69) is 18.5 Å². The van der Waals surface area contributed by atoms with Gasteiger partial charge in [-0.3, -0.25) is 0 Å². The van der Waals surface area contributed by atoms with Crippen molar-refractivity contribution in [3.05, 3.63) is 29.8 Å². The smallest absolute Gasteiger partial charge is 0.152 e. The SMILES string of the molecule is CC.CC.CC1NOc2ccccc21. The van der Waals surface area contributed by atoms with Gasteiger partial charge in [-0.15, -0.1) is 5.48 Å². The van der Waals surface area contributed by atoms with Gasteiger partial charge in [0.15, 0.2) is 5.75 Å². The summed E-state index contributed by atoms with van der Waals surface area (Å²) in [6, 6.07) is 8.35. The van der Waals surface area contributed by atoms with Gasteiger partial charge in [0.2, 0.25) is 0 Å². The molecule has 0 saturated heterocycles. The Morgan fingerprint density at radius 1 is 1.07 bits per heavy atom. The second kappa shape index (κ2) is 7.39. The van der Waals surface area contributed by atoms with Gasteiger partial charge in [0.05, 0.1) is 6.04 Å². The van der Waals surface area contributed by atoms with Gasteiger partial charge in [-0.05, 0) is 13.0 Å². The van der Waals surface area contributed by atoms with Crippen molar-refractivity contribution in [3.8, 4) is 5.75 Å². The first-order valence-electron chi connectivity index (χ1n) is 5.39. The van der Waals surface area contributed by atoms with Crippen LogP contribution in [0.15, 0.2) is 24.3 Å². The Hall–Kier alpha value is -1.02. The van der Waals surface area contributed by atoms with E-state index in [0.29, 0.717) is 6.04 Å². The highest BCUT2D eigenvalue weighted by atomic mass is 16.7. The van der Waals surface area contributed by atoms with Crippen LogP contribution in [0.1, 0.15) is 46.2 Å². The van der Waals surface area contributed by atoms with Gasteiger partial charge in [0.1, 0.15) is 0 Å². The molecule has 1 atom stereocenters. The first-order chi connectivity index (χ1) is 6.88. The topological polar surface area (TPSA) is 21.3 Å². The predicted molar refractivity (Wildman–Crippen MR) is 61.3 cm³/mol. The summed E-state index contributed by atoms with van der Waals surface area (Å²) in [7, 11) is 0. The quantitative estimate of drug-likeness (QED) is 0.681. The molecule has 2 nitrogen and oxygen atoms in total. The molecule has 0 aromatic heterocycles. The maximum absolute atomic E-state index is 5.16. The van der Waals surface area contributed by atoms with Gasteiger partial charge >= 0.3 is 0 Å². The fourth-order valence-corrected chi connectivity index (χ4v) is 1.15. The Morgan fingerprint density at radius 2 is 1.64 bits per heavy atom. The molecule has 1 N–H and O–H groups in total. The molecule has 1 aliphatic rings. The fourth-order valence-electron chi connectivity index (χ4n) is 1.15. The Labute approximate surface area is 87.2 Å². The first kappa shape index (κ1) is 13.0. The van der Waals surface area contributed by atoms with Crippen LogP contribution in [0.5, 0.6) is 5.75 Å². The van der Waals surface area contributed by atoms with Crippen molar-refractivity contribution in [2.24, 2.45) is 0 Å². The summed E-state index contributed by atoms with van der Waals surface area (Å²) in [5.74, 6) is 0.954. The second-order valence-corrected chi connectivity index (χ2v) is 2.48. The molecular formula is C12H21NO. The highest BCUT2D eigenvalue weighted by Crippen LogP contribution is 2.28. The molecule has 1 heterocycles. The van der Waals surface area contributed by atoms with Crippen LogP contribution < -0.4 is 10.3 Å². The zero-order chi connectivity index (χ0) is 11.0. The Morgan fingerprint density at radius 3 is 2.21 bits per heavy atom. The normalized spacial score (nSPS) is 16.5. The molecule has 0 radical (unpaired) electrons. The van der Waals surface area contributed by atoms with Crippen LogP contribution in [-0.2, 0) is 0 Å². The van der Waals surface area contributed by atoms with Crippen molar-refractivity contribution in [2.75, 3.05) is 0 Å². The van der Waals surface area contributed by atoms with Gasteiger partial charge in [0, 0.05) is 5.56 Å². The van der Waals surface area contributed by atoms with E-state index in [9.17, 15) is 0 Å². The van der Waals surface area contributed by atoms with Crippen LogP contribution in [0.4, 0.5) is 0 Å². The molecule has 0 bridgehead atoms. The number of fused-ring (bicyclic) bond motifs is 1. The molecule has 1 aromatic rings. The number of hydroxylamine groups is 1. The minimum absolute atomic E-state index is 0.330. The van der Waals surface area contributed by atoms with Crippen molar-refractivity contribution < 1.29 is 4.84 Å². The van der Waals surface area contributed by atoms with E-state index in [-0.39, 0.29) is 0 Å². The van der Waals surface area contributed by atoms with Crippen LogP contribution in [0, 0.1) is 0 Å². The predicted octanol–water partition coefficient (Wildman–Crippen LogP) is 3.70. The lowest BCUT2D eigenvalue weighted by Gasteiger charge is -1.96. The highest BCUT2D eigenvalue weighted by Gasteiger charge is 2.17. The lowest BCUT2D eigenvalue weighted by atomic mass is 10.1. The van der Waals surface area contributed by atoms with Gasteiger partial charge in [-0.25, -0.2) is 0 Å². The van der Waals surface area contributed by atoms with Crippen molar-refractivity contribution >= 4 is 0 Å². The standard InChI is InChI=1S/C8H9NO.2C2H6/c1-6-7-4-2-3-5-8(7)10-9-6;2*1-2/h2-6,9H,1H3;2*1-2H3. The monoisotopic (exact) mass is 195 g/mol. The molecule has 0 spiro atoms. The van der Waals surface area contributed by atoms with E-state index in [0.717, 1.165) is 5.75 Å². The Kier molecular flexibility index (Phi) is 6.85. The molecule has 14 heavy (non-hydrogen) atoms. The van der Waals surface area contributed by atoms with E-state index in [1.807, 2.05) is 45.9 Å². The average Bonchev–Trinajstić information content (AvgIpc) is 2.67. The summed E-state index contributed by atoms with van der Waals surface area (Å²) in [6.45, 7) is 10.1. The number of rotatable bonds is 0. The lowest BCUT2D eigenvalue weighted by molar-refractivity contribution is 0.200. The van der Waals surface area contributed by atoms with Crippen molar-refractivity contribution in [2.45, 2.75) is 40.7 Å². The summed E-state index contributed by atoms with van der Waals surface area (Å²) in [4.78, 5) is 5.16. The first-order valence-corrected chi connectivity index (χ1v) is 5.39. The number of benzene rings is 1. The van der Waals surface area contributed by atoms with Crippen LogP contribution in [0.2, 0.25) is 0 Å². The summed E-state index contributed by atoms with van der Waals surface area (Å²) in [5, 5.41) is 0. The fraction of sp³-hybridized carbons (Fsp3) is 0.500. The largest absolute Gasteiger partial charge is 0.408 e. The van der Waals surface area contributed by atoms with E-state index in [1.165, 1.54) is 5.56 Å². The van der Waals surface area contributed by atoms with Gasteiger partial charge in [-0.1, -0.05) is 45.9 Å². The molecule has 1 aromatic carbocycles. The number of hydrogen-bond acceptors (Lipinski definition) is 2. The summed E-state index contributed by atoms with van der Waals surface area (Å²) in [6.07, 6.45) is 0. The van der Waals surface area contributed by atoms with Gasteiger partial charge < -0.3 is 4.84 Å². The van der Waals surface area contributed by atoms with E-state index < -0.39 is 0 Å². The van der Waals surface area contributed by atoms with Crippen molar-refractivity contribution in [1.82, 2.24) is 5.48 Å². The van der Waals surface area contributed by atoms with Crippen molar-refractivity contribution in [1.29, 1.82) is 0 Å². The molecule has 0 fully saturated rings. The molecular weight excluding hydrogens is 174 g/mol. The third-order valence-corrected chi connectivity index (χ3v) is 1.73. The molecule has 2 heteroatoms. The molecule has 2 rings (SSSR count). The Bertz CT molecular complexity index is 248. The van der Waals surface area contributed by atoms with Crippen LogP contribution in [0.3, 0.4) is 0 Å². The maximum atomic E-state index is 5.16. The average molecular weight is 195 g/mol. The molecule has 1 unspecified atom stereocenters. The second-order valence-electron chi connectivity index (χ2n) is 2.48. The molecule has 0 amide bonds. The zero-order valence-corrected chi connectivity index (χ0v) is 9.79. The number of nitrogens with one attached hydrogen (secondary N) is 1. The number of para-hydroxylation sites is 1. The third kappa shape index (κ3) is 3.04. The third-order valence-electron chi connectivity index (χ3n) is 1.73. The van der Waals surface area contributed by atoms with E-state index in [4.69, 9.17) is 4.84 Å². The lowest BCUT2D eigenvalue weighted by Crippen LogP contribution is -2.12. The molecule has 80 valence electrons. The van der Waals surface area contributed by atoms with E-state index in [1.54, 1.807) is 0 Å². The summed E-state index contributed by atoms with van der Waals surface area (Å²) >= 11 is 0. The summed E-state index contributed by atoms with van der Waals surface area (Å²) in [5.41, 5.74) is 4.12.